The minimum Gasteiger partial charge on any atom is -0.394 e. The Morgan fingerprint density at radius 2 is 0.880 bits per heavy atom. The van der Waals surface area contributed by atoms with Crippen molar-refractivity contribution in [3.63, 3.8) is 0 Å². The number of rotatable bonds is 42. The molecule has 0 aromatic carbocycles. The van der Waals surface area contributed by atoms with Crippen LogP contribution in [0.15, 0.2) is 24.3 Å². The van der Waals surface area contributed by atoms with E-state index in [4.69, 9.17) is 28.4 Å². The van der Waals surface area contributed by atoms with E-state index in [1.165, 1.54) is 89.9 Å². The van der Waals surface area contributed by atoms with Gasteiger partial charge in [0.1, 0.15) is 73.2 Å². The van der Waals surface area contributed by atoms with Crippen LogP contribution in [0.4, 0.5) is 0 Å². The van der Waals surface area contributed by atoms with E-state index >= 15 is 0 Å². The number of aliphatic hydroxyl groups is 11. The number of ether oxygens (including phenoxy) is 6. The number of allylic oxidation sites excluding steroid dienone is 4. The van der Waals surface area contributed by atoms with E-state index in [0.717, 1.165) is 70.6 Å². The average molecular weight is 1080 g/mol. The predicted molar refractivity (Wildman–Crippen MR) is 282 cm³/mol. The van der Waals surface area contributed by atoms with Crippen LogP contribution in [0, 0.1) is 0 Å². The van der Waals surface area contributed by atoms with Gasteiger partial charge in [-0.25, -0.2) is 0 Å². The summed E-state index contributed by atoms with van der Waals surface area (Å²) in [5, 5.41) is 120. The van der Waals surface area contributed by atoms with Gasteiger partial charge in [-0.2, -0.15) is 0 Å². The number of amides is 1. The highest BCUT2D eigenvalue weighted by Gasteiger charge is 2.53. The normalized spacial score (nSPS) is 31.3. The maximum Gasteiger partial charge on any atom is 0.220 e. The first kappa shape index (κ1) is 67.5. The lowest BCUT2D eigenvalue weighted by Crippen LogP contribution is -2.66. The molecule has 17 unspecified atom stereocenters. The van der Waals surface area contributed by atoms with Crippen molar-refractivity contribution >= 4 is 5.91 Å². The van der Waals surface area contributed by atoms with Gasteiger partial charge in [0, 0.05) is 6.42 Å². The quantitative estimate of drug-likeness (QED) is 0.0298. The summed E-state index contributed by atoms with van der Waals surface area (Å²) in [4.78, 5) is 13.3. The fourth-order valence-corrected chi connectivity index (χ4v) is 9.93. The van der Waals surface area contributed by atoms with E-state index in [9.17, 15) is 61.0 Å². The highest BCUT2D eigenvalue weighted by molar-refractivity contribution is 5.76. The van der Waals surface area contributed by atoms with Crippen LogP contribution in [0.25, 0.3) is 0 Å². The van der Waals surface area contributed by atoms with Gasteiger partial charge in [0.15, 0.2) is 18.9 Å². The Balaban J connectivity index is 1.52. The molecule has 0 aromatic rings. The second-order valence-electron chi connectivity index (χ2n) is 21.1. The molecule has 17 atom stereocenters. The molecule has 0 saturated carbocycles. The predicted octanol–water partition coefficient (Wildman–Crippen LogP) is 4.37. The lowest BCUT2D eigenvalue weighted by Gasteiger charge is -2.48. The number of hydrogen-bond donors (Lipinski definition) is 12. The maximum atomic E-state index is 13.3. The molecule has 75 heavy (non-hydrogen) atoms. The van der Waals surface area contributed by atoms with Crippen LogP contribution in [0.2, 0.25) is 0 Å². The van der Waals surface area contributed by atoms with Crippen molar-refractivity contribution in [1.82, 2.24) is 5.32 Å². The first-order chi connectivity index (χ1) is 36.3. The van der Waals surface area contributed by atoms with Gasteiger partial charge in [0.05, 0.1) is 38.6 Å². The van der Waals surface area contributed by atoms with Crippen LogP contribution in [-0.2, 0) is 33.2 Å². The van der Waals surface area contributed by atoms with Gasteiger partial charge in [0.2, 0.25) is 5.91 Å². The fourth-order valence-electron chi connectivity index (χ4n) is 9.93. The number of carbonyl (C=O) groups excluding carboxylic acids is 1. The summed E-state index contributed by atoms with van der Waals surface area (Å²) in [5.74, 6) is -0.257. The number of nitrogens with one attached hydrogen (secondary N) is 1. The van der Waals surface area contributed by atoms with E-state index in [1.54, 1.807) is 0 Å². The van der Waals surface area contributed by atoms with E-state index < -0.39 is 124 Å². The Kier molecular flexibility index (Phi) is 36.4. The molecular weight excluding hydrogens is 975 g/mol. The van der Waals surface area contributed by atoms with E-state index in [2.05, 4.69) is 43.5 Å². The molecule has 1 amide bonds. The molecule has 3 aliphatic heterocycles. The topological polar surface area (TPSA) is 307 Å². The summed E-state index contributed by atoms with van der Waals surface area (Å²) in [7, 11) is 0. The Morgan fingerprint density at radius 1 is 0.480 bits per heavy atom. The van der Waals surface area contributed by atoms with E-state index in [0.29, 0.717) is 12.8 Å². The maximum absolute atomic E-state index is 13.3. The molecule has 0 aliphatic carbocycles. The zero-order valence-corrected chi connectivity index (χ0v) is 45.5. The zero-order chi connectivity index (χ0) is 54.8. The number of hydrogen-bond acceptors (Lipinski definition) is 18. The van der Waals surface area contributed by atoms with Gasteiger partial charge in [-0.3, -0.25) is 4.79 Å². The van der Waals surface area contributed by atoms with Gasteiger partial charge >= 0.3 is 0 Å². The van der Waals surface area contributed by atoms with Crippen molar-refractivity contribution < 1.29 is 89.4 Å². The summed E-state index contributed by atoms with van der Waals surface area (Å²) in [5.41, 5.74) is 0. The molecule has 3 saturated heterocycles. The molecule has 0 aromatic heterocycles. The minimum atomic E-state index is -1.97. The highest BCUT2D eigenvalue weighted by atomic mass is 16.8. The second-order valence-corrected chi connectivity index (χ2v) is 21.1. The Bertz CT molecular complexity index is 1480. The average Bonchev–Trinajstić information content (AvgIpc) is 3.41. The lowest BCUT2D eigenvalue weighted by molar-refractivity contribution is -0.379. The molecular formula is C56H103NO18. The van der Waals surface area contributed by atoms with Crippen LogP contribution >= 0.6 is 0 Å². The lowest BCUT2D eigenvalue weighted by atomic mass is 9.96. The highest BCUT2D eigenvalue weighted by Crippen LogP contribution is 2.33. The van der Waals surface area contributed by atoms with Crippen molar-refractivity contribution in [2.24, 2.45) is 0 Å². The van der Waals surface area contributed by atoms with Crippen molar-refractivity contribution in [2.75, 3.05) is 26.4 Å². The molecule has 0 radical (unpaired) electrons. The summed E-state index contributed by atoms with van der Waals surface area (Å²) >= 11 is 0. The van der Waals surface area contributed by atoms with Crippen LogP contribution < -0.4 is 5.32 Å². The third-order valence-corrected chi connectivity index (χ3v) is 14.8. The third-order valence-electron chi connectivity index (χ3n) is 14.8. The molecule has 3 aliphatic rings. The van der Waals surface area contributed by atoms with Crippen molar-refractivity contribution in [1.29, 1.82) is 0 Å². The number of unbranched alkanes of at least 4 members (excludes halogenated alkanes) is 22. The summed E-state index contributed by atoms with van der Waals surface area (Å²) in [6, 6.07) is -0.891. The summed E-state index contributed by atoms with van der Waals surface area (Å²) in [6.45, 7) is 1.74. The minimum absolute atomic E-state index is 0.251. The van der Waals surface area contributed by atoms with Gasteiger partial charge in [-0.15, -0.1) is 0 Å². The van der Waals surface area contributed by atoms with Crippen LogP contribution in [0.5, 0.6) is 0 Å². The van der Waals surface area contributed by atoms with Gasteiger partial charge in [0.25, 0.3) is 0 Å². The molecule has 0 bridgehead atoms. The fraction of sp³-hybridized carbons (Fsp3) is 0.911. The van der Waals surface area contributed by atoms with E-state index in [-0.39, 0.29) is 18.9 Å². The van der Waals surface area contributed by atoms with Crippen molar-refractivity contribution in [3.8, 4) is 0 Å². The Labute approximate surface area is 448 Å². The first-order valence-electron chi connectivity index (χ1n) is 29.1. The molecule has 19 heteroatoms. The van der Waals surface area contributed by atoms with Crippen LogP contribution in [0.3, 0.4) is 0 Å². The van der Waals surface area contributed by atoms with Crippen molar-refractivity contribution in [3.05, 3.63) is 24.3 Å². The molecule has 3 heterocycles. The smallest absolute Gasteiger partial charge is 0.220 e. The summed E-state index contributed by atoms with van der Waals surface area (Å²) in [6.07, 6.45) is 12.6. The van der Waals surface area contributed by atoms with Crippen LogP contribution in [-0.4, -0.2) is 193 Å². The number of carbonyl (C=O) groups is 1. The van der Waals surface area contributed by atoms with Crippen molar-refractivity contribution in [2.45, 2.75) is 298 Å². The van der Waals surface area contributed by atoms with E-state index in [1.807, 2.05) is 0 Å². The molecule has 12 N–H and O–H groups in total. The molecule has 440 valence electrons. The van der Waals surface area contributed by atoms with Gasteiger partial charge in [-0.1, -0.05) is 167 Å². The largest absolute Gasteiger partial charge is 0.394 e. The molecule has 3 fully saturated rings. The Hall–Kier alpha value is -1.73. The standard InChI is InChI=1S/C56H103NO18/c1-3-5-7-9-11-13-15-17-19-21-23-25-27-29-31-33-40(61)39(57-44(62)34-32-30-28-26-24-22-20-18-16-14-12-10-8-6-4-2)38-70-54-50(68)47(65)52(42(36-59)72-54)75-56-51(69)48(66)53(43(37-60)73-56)74-55-49(67)46(64)45(63)41(35-58)71-55/h12,14,18,20,39-43,45-56,58-61,63-69H,3-11,13,15-17,19,21-38H2,1-2H3,(H,57,62)/b14-12-,20-18-. The Morgan fingerprint density at radius 3 is 1.39 bits per heavy atom. The first-order valence-corrected chi connectivity index (χ1v) is 29.1. The van der Waals surface area contributed by atoms with Gasteiger partial charge in [-0.05, 0) is 44.9 Å². The summed E-state index contributed by atoms with van der Waals surface area (Å²) < 4.78 is 34.3. The zero-order valence-electron chi connectivity index (χ0n) is 45.5. The SMILES string of the molecule is CCCCC/C=C\C/C=C\CCCCCCCC(=O)NC(COC1OC(CO)C(OC2OC(CO)C(OC3OC(CO)C(O)C(O)C3O)C(O)C2O)C(O)C1O)C(O)CCCCCCCCCCCCCCCCC. The van der Waals surface area contributed by atoms with Gasteiger partial charge < -0.3 is 89.9 Å². The van der Waals surface area contributed by atoms with Crippen LogP contribution in [0.1, 0.15) is 194 Å². The monoisotopic (exact) mass is 1080 g/mol. The molecule has 3 rings (SSSR count). The second kappa shape index (κ2) is 40.4. The molecule has 0 spiro atoms. The third kappa shape index (κ3) is 25.1. The molecule has 19 nitrogen and oxygen atoms in total. The number of aliphatic hydroxyl groups excluding tert-OH is 11.